The topological polar surface area (TPSA) is 86.5 Å². The molecule has 4 rings (SSSR count). The summed E-state index contributed by atoms with van der Waals surface area (Å²) in [6.45, 7) is 0. The van der Waals surface area contributed by atoms with Gasteiger partial charge in [0.2, 0.25) is 0 Å². The first-order chi connectivity index (χ1) is 16.5. The summed E-state index contributed by atoms with van der Waals surface area (Å²) in [7, 11) is 1.25. The number of esters is 1. The van der Waals surface area contributed by atoms with E-state index in [-0.39, 0.29) is 17.7 Å². The molecule has 0 radical (unpaired) electrons. The Morgan fingerprint density at radius 3 is 2.44 bits per heavy atom. The number of thioether (sulfide) groups is 1. The molecule has 1 heterocycles. The highest BCUT2D eigenvalue weighted by atomic mass is 32.2. The number of nitro benzene ring substituents is 1. The lowest BCUT2D eigenvalue weighted by Gasteiger charge is -2.40. The molecular weight excluding hydrogens is 450 g/mol. The Hall–Kier alpha value is -3.93. The van der Waals surface area contributed by atoms with Gasteiger partial charge in [-0.25, -0.2) is 0 Å². The fraction of sp³-hybridized carbons (Fsp3) is 0.148. The first-order valence-electron chi connectivity index (χ1n) is 10.6. The summed E-state index contributed by atoms with van der Waals surface area (Å²) in [4.78, 5) is 38.7. The summed E-state index contributed by atoms with van der Waals surface area (Å²) in [5.41, 5.74) is 3.12. The number of allylic oxidation sites excluding steroid dienone is 1. The number of carbonyl (C=O) groups is 2. The minimum atomic E-state index is -1.61. The van der Waals surface area contributed by atoms with Gasteiger partial charge in [-0.15, -0.1) is 17.5 Å². The quantitative estimate of drug-likeness (QED) is 0.143. The van der Waals surface area contributed by atoms with E-state index in [4.69, 9.17) is 4.74 Å². The van der Waals surface area contributed by atoms with Gasteiger partial charge in [0.05, 0.1) is 17.3 Å². The summed E-state index contributed by atoms with van der Waals surface area (Å²) in [5.74, 6) is -1.18. The van der Waals surface area contributed by atoms with Gasteiger partial charge in [0.15, 0.2) is 11.2 Å². The Morgan fingerprint density at radius 1 is 1.12 bits per heavy atom. The van der Waals surface area contributed by atoms with E-state index in [1.807, 2.05) is 60.7 Å². The third kappa shape index (κ3) is 4.31. The molecule has 0 spiro atoms. The monoisotopic (exact) mass is 471 g/mol. The lowest BCUT2D eigenvalue weighted by molar-refractivity contribution is -0.384. The zero-order chi connectivity index (χ0) is 24.1. The number of Topliss-reactive ketones (excluding diaryl/α,β-unsaturated/α-hetero) is 1. The minimum absolute atomic E-state index is 0.0243. The third-order valence-electron chi connectivity index (χ3n) is 5.76. The van der Waals surface area contributed by atoms with E-state index < -0.39 is 27.3 Å². The van der Waals surface area contributed by atoms with Crippen molar-refractivity contribution in [2.75, 3.05) is 7.11 Å². The van der Waals surface area contributed by atoms with E-state index in [9.17, 15) is 19.7 Å². The van der Waals surface area contributed by atoms with Crippen LogP contribution in [0.5, 0.6) is 0 Å². The number of hydrogen-bond donors (Lipinski definition) is 0. The van der Waals surface area contributed by atoms with E-state index in [1.165, 1.54) is 31.0 Å². The second-order valence-electron chi connectivity index (χ2n) is 7.77. The van der Waals surface area contributed by atoms with E-state index in [0.29, 0.717) is 4.90 Å². The van der Waals surface area contributed by atoms with Crippen LogP contribution < -0.4 is 0 Å². The normalized spacial score (nSPS) is 18.9. The van der Waals surface area contributed by atoms with Gasteiger partial charge in [-0.05, 0) is 35.8 Å². The van der Waals surface area contributed by atoms with Crippen LogP contribution in [-0.4, -0.2) is 23.8 Å². The molecule has 3 aromatic carbocycles. The second kappa shape index (κ2) is 9.91. The van der Waals surface area contributed by atoms with E-state index in [2.05, 4.69) is 5.73 Å². The molecule has 1 aliphatic heterocycles. The maximum atomic E-state index is 14.0. The first kappa shape index (κ1) is 23.2. The van der Waals surface area contributed by atoms with Crippen molar-refractivity contribution >= 4 is 35.3 Å². The molecule has 2 unspecified atom stereocenters. The number of rotatable bonds is 6. The number of methoxy groups -OCH3 is 1. The molecule has 0 N–H and O–H groups in total. The third-order valence-corrected chi connectivity index (χ3v) is 7.28. The summed E-state index contributed by atoms with van der Waals surface area (Å²) in [5, 5.41) is 10.8. The number of ketones is 1. The Balaban J connectivity index is 1.86. The molecular formula is C27H21NO5S. The Labute approximate surface area is 201 Å². The van der Waals surface area contributed by atoms with Crippen molar-refractivity contribution in [2.24, 2.45) is 5.41 Å². The molecule has 0 bridgehead atoms. The molecule has 6 nitrogen and oxygen atoms in total. The van der Waals surface area contributed by atoms with Gasteiger partial charge >= 0.3 is 5.97 Å². The molecule has 0 aromatic heterocycles. The van der Waals surface area contributed by atoms with Crippen molar-refractivity contribution in [1.29, 1.82) is 0 Å². The highest BCUT2D eigenvalue weighted by Gasteiger charge is 2.56. The number of nitro groups is 1. The van der Waals surface area contributed by atoms with Crippen molar-refractivity contribution in [3.05, 3.63) is 117 Å². The SMILES string of the molecule is COC(=O)C1(CC=C=Cc2ccccc2)C(=O)c2cc([N+](=O)[O-])ccc2SC1c1ccccc1. The second-order valence-corrected chi connectivity index (χ2v) is 8.92. The molecule has 0 fully saturated rings. The van der Waals surface area contributed by atoms with Gasteiger partial charge < -0.3 is 4.74 Å². The van der Waals surface area contributed by atoms with Crippen molar-refractivity contribution in [3.8, 4) is 0 Å². The Kier molecular flexibility index (Phi) is 6.77. The van der Waals surface area contributed by atoms with Gasteiger partial charge in [-0.1, -0.05) is 60.7 Å². The predicted molar refractivity (Wildman–Crippen MR) is 131 cm³/mol. The van der Waals surface area contributed by atoms with Crippen LogP contribution >= 0.6 is 11.8 Å². The van der Waals surface area contributed by atoms with Crippen LogP contribution in [-0.2, 0) is 9.53 Å². The molecule has 0 aliphatic carbocycles. The lowest BCUT2D eigenvalue weighted by atomic mass is 9.72. The highest BCUT2D eigenvalue weighted by molar-refractivity contribution is 7.99. The first-order valence-corrected chi connectivity index (χ1v) is 11.4. The number of fused-ring (bicyclic) bond motifs is 1. The number of hydrogen-bond acceptors (Lipinski definition) is 6. The van der Waals surface area contributed by atoms with Gasteiger partial charge in [-0.3, -0.25) is 19.7 Å². The Bertz CT molecular complexity index is 1300. The fourth-order valence-corrected chi connectivity index (χ4v) is 5.54. The van der Waals surface area contributed by atoms with E-state index >= 15 is 0 Å². The average Bonchev–Trinajstić information content (AvgIpc) is 2.88. The number of nitrogens with zero attached hydrogens (tertiary/aromatic N) is 1. The molecule has 0 amide bonds. The number of non-ortho nitro benzene ring substituents is 1. The molecule has 1 aliphatic rings. The maximum Gasteiger partial charge on any atom is 0.321 e. The smallest absolute Gasteiger partial charge is 0.321 e. The predicted octanol–water partition coefficient (Wildman–Crippen LogP) is 6.04. The van der Waals surface area contributed by atoms with Crippen molar-refractivity contribution in [3.63, 3.8) is 0 Å². The Morgan fingerprint density at radius 2 is 1.79 bits per heavy atom. The van der Waals surface area contributed by atoms with Crippen molar-refractivity contribution < 1.29 is 19.2 Å². The zero-order valence-corrected chi connectivity index (χ0v) is 19.2. The molecule has 170 valence electrons. The van der Waals surface area contributed by atoms with Gasteiger partial charge in [0.25, 0.3) is 5.69 Å². The van der Waals surface area contributed by atoms with Crippen LogP contribution in [0.25, 0.3) is 6.08 Å². The largest absolute Gasteiger partial charge is 0.468 e. The molecule has 7 heteroatoms. The van der Waals surface area contributed by atoms with E-state index in [0.717, 1.165) is 11.1 Å². The molecule has 3 aromatic rings. The van der Waals surface area contributed by atoms with Crippen LogP contribution in [0.4, 0.5) is 5.69 Å². The summed E-state index contributed by atoms with van der Waals surface area (Å²) < 4.78 is 5.16. The van der Waals surface area contributed by atoms with Crippen molar-refractivity contribution in [2.45, 2.75) is 16.6 Å². The number of ether oxygens (including phenoxy) is 1. The molecule has 2 atom stereocenters. The minimum Gasteiger partial charge on any atom is -0.468 e. The standard InChI is InChI=1S/C27H21NO5S/c1-33-26(30)27(17-9-8-12-19-10-4-2-5-11-19)24(29)22-18-21(28(31)32)15-16-23(22)34-25(27)20-13-6-3-7-14-20/h2-7,9-16,18,25H,17H2,1H3. The maximum absolute atomic E-state index is 14.0. The number of benzene rings is 3. The summed E-state index contributed by atoms with van der Waals surface area (Å²) >= 11 is 1.34. The van der Waals surface area contributed by atoms with Gasteiger partial charge in [-0.2, -0.15) is 0 Å². The summed E-state index contributed by atoms with van der Waals surface area (Å²) in [6.07, 6.45) is 3.44. The summed E-state index contributed by atoms with van der Waals surface area (Å²) in [6, 6.07) is 23.0. The highest BCUT2D eigenvalue weighted by Crippen LogP contribution is 2.57. The van der Waals surface area contributed by atoms with Crippen molar-refractivity contribution in [1.82, 2.24) is 0 Å². The average molecular weight is 472 g/mol. The van der Waals surface area contributed by atoms with Gasteiger partial charge in [0, 0.05) is 22.6 Å². The van der Waals surface area contributed by atoms with Gasteiger partial charge in [0.1, 0.15) is 0 Å². The zero-order valence-electron chi connectivity index (χ0n) is 18.3. The lowest BCUT2D eigenvalue weighted by Crippen LogP contribution is -2.46. The van der Waals surface area contributed by atoms with Crippen LogP contribution in [0.3, 0.4) is 0 Å². The number of carbonyl (C=O) groups excluding carboxylic acids is 2. The fourth-order valence-electron chi connectivity index (χ4n) is 4.07. The molecule has 0 saturated carbocycles. The molecule has 0 saturated heterocycles. The van der Waals surface area contributed by atoms with Crippen LogP contribution in [0, 0.1) is 15.5 Å². The van der Waals surface area contributed by atoms with E-state index in [1.54, 1.807) is 18.2 Å². The van der Waals surface area contributed by atoms with Crippen LogP contribution in [0.15, 0.2) is 95.6 Å². The van der Waals surface area contributed by atoms with Crippen LogP contribution in [0.1, 0.15) is 33.2 Å². The van der Waals surface area contributed by atoms with Crippen LogP contribution in [0.2, 0.25) is 0 Å². The molecule has 34 heavy (non-hydrogen) atoms.